The van der Waals surface area contributed by atoms with Crippen molar-refractivity contribution in [3.63, 3.8) is 0 Å². The van der Waals surface area contributed by atoms with Crippen molar-refractivity contribution in [3.8, 4) is 0 Å². The summed E-state index contributed by atoms with van der Waals surface area (Å²) >= 11 is 1.56. The van der Waals surface area contributed by atoms with Gasteiger partial charge in [0.1, 0.15) is 5.82 Å². The molecule has 5 atom stereocenters. The highest BCUT2D eigenvalue weighted by Crippen LogP contribution is 2.49. The Morgan fingerprint density at radius 1 is 0.750 bits per heavy atom. The maximum Gasteiger partial charge on any atom is 0.264 e. The number of thioether (sulfide) groups is 1. The number of aryl methyl sites for hydroxylation is 1. The monoisotopic (exact) mass is 923 g/mol. The Labute approximate surface area is 373 Å². The fourth-order valence-electron chi connectivity index (χ4n) is 7.20. The van der Waals surface area contributed by atoms with Gasteiger partial charge in [0, 0.05) is 17.1 Å². The molecule has 7 nitrogen and oxygen atoms in total. The van der Waals surface area contributed by atoms with Gasteiger partial charge < -0.3 is 13.3 Å². The molecule has 1 unspecified atom stereocenters. The van der Waals surface area contributed by atoms with Crippen LogP contribution >= 0.6 is 11.8 Å². The van der Waals surface area contributed by atoms with Crippen LogP contribution in [0.4, 0.5) is 4.39 Å². The van der Waals surface area contributed by atoms with Crippen molar-refractivity contribution in [1.29, 1.82) is 0 Å². The summed E-state index contributed by atoms with van der Waals surface area (Å²) < 4.78 is 64.7. The third-order valence-electron chi connectivity index (χ3n) is 14.1. The molecule has 0 spiro atoms. The van der Waals surface area contributed by atoms with Crippen LogP contribution in [0.5, 0.6) is 0 Å². The molecule has 342 valence electrons. The number of nitrogens with one attached hydrogen (secondary N) is 1. The minimum absolute atomic E-state index is 0.0361. The quantitative estimate of drug-likeness (QED) is 0.0757. The fourth-order valence-corrected chi connectivity index (χ4v) is 13.5. The SMILES string of the molecule is Cc1ccc(S(=O)(=O)NC(=O)CCCCCC[C@@H]2[C@@H](CCC(CSc3ccccc3F)O[Si](C)(C)C(C)(C)C)[C@H](O[Si](C)(C)C(C)(C)C)C[C@@H]2O[Si](C)(C)C(C)(C)C)cc1. The predicted octanol–water partition coefficient (Wildman–Crippen LogP) is 13.7. The van der Waals surface area contributed by atoms with Gasteiger partial charge in [-0.05, 0) is 130 Å². The number of amides is 1. The zero-order chi connectivity index (χ0) is 45.5. The molecular formula is C47H82FNO6S2Si3. The predicted molar refractivity (Wildman–Crippen MR) is 258 cm³/mol. The van der Waals surface area contributed by atoms with Gasteiger partial charge in [-0.3, -0.25) is 4.79 Å². The lowest BCUT2D eigenvalue weighted by molar-refractivity contribution is -0.119. The van der Waals surface area contributed by atoms with Crippen LogP contribution in [0.3, 0.4) is 0 Å². The van der Waals surface area contributed by atoms with E-state index >= 15 is 0 Å². The van der Waals surface area contributed by atoms with Gasteiger partial charge in [-0.25, -0.2) is 17.5 Å². The number of sulfonamides is 1. The van der Waals surface area contributed by atoms with E-state index in [1.807, 2.05) is 19.1 Å². The van der Waals surface area contributed by atoms with Crippen molar-refractivity contribution in [2.24, 2.45) is 11.8 Å². The van der Waals surface area contributed by atoms with E-state index in [4.69, 9.17) is 13.3 Å². The van der Waals surface area contributed by atoms with Crippen LogP contribution in [-0.4, -0.2) is 63.3 Å². The van der Waals surface area contributed by atoms with Crippen molar-refractivity contribution < 1.29 is 30.9 Å². The highest BCUT2D eigenvalue weighted by molar-refractivity contribution is 7.99. The van der Waals surface area contributed by atoms with E-state index in [9.17, 15) is 17.6 Å². The normalized spacial score (nSPS) is 20.4. The van der Waals surface area contributed by atoms with Crippen LogP contribution in [0.25, 0.3) is 0 Å². The summed E-state index contributed by atoms with van der Waals surface area (Å²) in [6.45, 7) is 36.6. The minimum atomic E-state index is -3.89. The molecule has 2 aromatic carbocycles. The topological polar surface area (TPSA) is 90.9 Å². The van der Waals surface area contributed by atoms with Gasteiger partial charge in [0.25, 0.3) is 10.0 Å². The smallest absolute Gasteiger partial charge is 0.264 e. The summed E-state index contributed by atoms with van der Waals surface area (Å²) in [5.74, 6) is 0.594. The summed E-state index contributed by atoms with van der Waals surface area (Å²) in [7, 11) is -10.3. The van der Waals surface area contributed by atoms with Gasteiger partial charge in [0.2, 0.25) is 5.91 Å². The third-order valence-corrected chi connectivity index (χ3v) is 30.2. The maximum absolute atomic E-state index is 14.9. The number of carbonyl (C=O) groups is 1. The molecule has 1 amide bonds. The summed E-state index contributed by atoms with van der Waals surface area (Å²) in [4.78, 5) is 13.5. The first-order chi connectivity index (χ1) is 27.4. The molecule has 1 aliphatic carbocycles. The second-order valence-electron chi connectivity index (χ2n) is 22.0. The van der Waals surface area contributed by atoms with E-state index in [1.165, 1.54) is 18.2 Å². The Hall–Kier alpha value is -1.33. The number of benzene rings is 2. The van der Waals surface area contributed by atoms with Crippen molar-refractivity contribution in [3.05, 3.63) is 59.9 Å². The van der Waals surface area contributed by atoms with Crippen molar-refractivity contribution >= 4 is 52.6 Å². The van der Waals surface area contributed by atoms with Crippen molar-refractivity contribution in [2.45, 2.75) is 210 Å². The first-order valence-corrected chi connectivity index (χ1v) is 33.6. The van der Waals surface area contributed by atoms with Gasteiger partial charge >= 0.3 is 0 Å². The highest BCUT2D eigenvalue weighted by atomic mass is 32.2. The van der Waals surface area contributed by atoms with E-state index in [-0.39, 0.29) is 56.5 Å². The molecule has 0 bridgehead atoms. The molecule has 2 aromatic rings. The molecule has 0 aromatic heterocycles. The van der Waals surface area contributed by atoms with Crippen LogP contribution < -0.4 is 4.72 Å². The second kappa shape index (κ2) is 21.1. The van der Waals surface area contributed by atoms with Crippen molar-refractivity contribution in [2.75, 3.05) is 5.75 Å². The minimum Gasteiger partial charge on any atom is -0.414 e. The van der Waals surface area contributed by atoms with Crippen LogP contribution in [0.15, 0.2) is 58.3 Å². The van der Waals surface area contributed by atoms with Gasteiger partial charge in [-0.2, -0.15) is 0 Å². The standard InChI is InChI=1S/C47H82FNO6S2Si3/c1-35-27-30-37(31-28-35)57(51,52)49-44(50)26-20-18-17-19-23-38-39(42(55-60(15,16)47(8,9)10)33-41(38)54-59(13,14)46(5,6)7)32-29-36(53-58(11,12)45(2,3)4)34-56-43-25-22-21-24-40(43)48/h21-22,24-25,27-28,30-31,36,38-39,41-42H,17-20,23,26,29,32-34H2,1-16H3,(H,49,50)/t36?,38-,39-,41+,42-/m1/s1. The Balaban J connectivity index is 1.86. The molecule has 1 aliphatic rings. The van der Waals surface area contributed by atoms with E-state index in [0.29, 0.717) is 23.0 Å². The molecule has 0 radical (unpaired) electrons. The number of halogens is 1. The van der Waals surface area contributed by atoms with E-state index in [0.717, 1.165) is 50.5 Å². The van der Waals surface area contributed by atoms with Crippen LogP contribution in [0.2, 0.25) is 54.4 Å². The Morgan fingerprint density at radius 2 is 1.25 bits per heavy atom. The maximum atomic E-state index is 14.9. The molecule has 1 N–H and O–H groups in total. The highest BCUT2D eigenvalue weighted by Gasteiger charge is 2.51. The van der Waals surface area contributed by atoms with Crippen LogP contribution in [-0.2, 0) is 28.1 Å². The van der Waals surface area contributed by atoms with Crippen molar-refractivity contribution in [1.82, 2.24) is 4.72 Å². The first-order valence-electron chi connectivity index (χ1n) is 22.4. The average Bonchev–Trinajstić information content (AvgIpc) is 3.39. The van der Waals surface area contributed by atoms with Gasteiger partial charge in [-0.1, -0.05) is 111 Å². The first kappa shape index (κ1) is 53.0. The summed E-state index contributed by atoms with van der Waals surface area (Å²) in [5, 5.41) is 0.155. The zero-order valence-corrected chi connectivity index (χ0v) is 44.9. The molecule has 13 heteroatoms. The fraction of sp³-hybridized carbons (Fsp3) is 0.723. The lowest BCUT2D eigenvalue weighted by atomic mass is 9.85. The summed E-state index contributed by atoms with van der Waals surface area (Å²) in [5.41, 5.74) is 0.955. The Bertz CT molecular complexity index is 1790. The summed E-state index contributed by atoms with van der Waals surface area (Å²) in [6.07, 6.45) is 7.33. The van der Waals surface area contributed by atoms with E-state index in [2.05, 4.69) is 106 Å². The zero-order valence-electron chi connectivity index (χ0n) is 40.2. The molecule has 0 heterocycles. The second-order valence-corrected chi connectivity index (χ2v) is 39.0. The molecular weight excluding hydrogens is 842 g/mol. The number of carbonyl (C=O) groups excluding carboxylic acids is 1. The Morgan fingerprint density at radius 3 is 1.77 bits per heavy atom. The summed E-state index contributed by atoms with van der Waals surface area (Å²) in [6, 6.07) is 13.5. The lowest BCUT2D eigenvalue weighted by Gasteiger charge is -2.41. The molecule has 0 saturated heterocycles. The number of hydrogen-bond donors (Lipinski definition) is 1. The molecule has 0 aliphatic heterocycles. The average molecular weight is 925 g/mol. The number of hydrogen-bond acceptors (Lipinski definition) is 7. The molecule has 1 fully saturated rings. The molecule has 60 heavy (non-hydrogen) atoms. The van der Waals surface area contributed by atoms with E-state index in [1.54, 1.807) is 30.0 Å². The van der Waals surface area contributed by atoms with Gasteiger partial charge in [-0.15, -0.1) is 11.8 Å². The molecule has 1 saturated carbocycles. The Kier molecular flexibility index (Phi) is 18.7. The van der Waals surface area contributed by atoms with Crippen LogP contribution in [0.1, 0.15) is 126 Å². The number of unbranched alkanes of at least 4 members (excludes halogenated alkanes) is 3. The lowest BCUT2D eigenvalue weighted by Crippen LogP contribution is -2.46. The number of rotatable bonds is 21. The van der Waals surface area contributed by atoms with Crippen LogP contribution in [0, 0.1) is 24.6 Å². The van der Waals surface area contributed by atoms with Gasteiger partial charge in [0.05, 0.1) is 23.2 Å². The largest absolute Gasteiger partial charge is 0.414 e. The van der Waals surface area contributed by atoms with E-state index < -0.39 is 40.9 Å². The third kappa shape index (κ3) is 15.2. The molecule has 3 rings (SSSR count). The van der Waals surface area contributed by atoms with Gasteiger partial charge in [0.15, 0.2) is 25.0 Å².